The fourth-order valence-electron chi connectivity index (χ4n) is 12.6. The summed E-state index contributed by atoms with van der Waals surface area (Å²) in [4.78, 5) is 7.73. The molecule has 2 aliphatic carbocycles. The molecule has 0 N–H and O–H groups in total. The predicted octanol–water partition coefficient (Wildman–Crippen LogP) is 14.3. The molecule has 5 heteroatoms. The number of ether oxygens (including phenoxy) is 1. The van der Waals surface area contributed by atoms with Crippen molar-refractivity contribution in [1.82, 2.24) is 0 Å². The molecule has 62 heavy (non-hydrogen) atoms. The van der Waals surface area contributed by atoms with Gasteiger partial charge < -0.3 is 14.4 Å². The minimum atomic E-state index is -0.201. The summed E-state index contributed by atoms with van der Waals surface area (Å²) in [6, 6.07) is 46.7. The Morgan fingerprint density at radius 3 is 1.97 bits per heavy atom. The summed E-state index contributed by atoms with van der Waals surface area (Å²) in [5, 5.41) is 0. The molecule has 0 aromatic heterocycles. The predicted molar refractivity (Wildman–Crippen MR) is 261 cm³/mol. The number of rotatable bonds is 1. The van der Waals surface area contributed by atoms with Gasteiger partial charge in [0.1, 0.15) is 11.5 Å². The zero-order valence-electron chi connectivity index (χ0n) is 37.2. The Labute approximate surface area is 371 Å². The maximum Gasteiger partial charge on any atom is 0.333 e. The quantitative estimate of drug-likeness (QED) is 0.153. The van der Waals surface area contributed by atoms with Gasteiger partial charge in [0, 0.05) is 50.9 Å². The van der Waals surface area contributed by atoms with Gasteiger partial charge in [0.25, 0.3) is 0 Å². The Hall–Kier alpha value is -5.65. The molecule has 0 saturated carbocycles. The third kappa shape index (κ3) is 4.55. The summed E-state index contributed by atoms with van der Waals surface area (Å²) in [6.07, 6.45) is 2.35. The number of hydrogen-bond acceptors (Lipinski definition) is 4. The summed E-state index contributed by atoms with van der Waals surface area (Å²) in [7, 11) is 0. The molecule has 0 fully saturated rings. The van der Waals surface area contributed by atoms with E-state index in [0.29, 0.717) is 0 Å². The highest BCUT2D eigenvalue weighted by atomic mass is 32.2. The zero-order valence-corrected chi connectivity index (χ0v) is 38.1. The van der Waals surface area contributed by atoms with Crippen LogP contribution in [0.25, 0.3) is 22.3 Å². The van der Waals surface area contributed by atoms with Crippen molar-refractivity contribution in [3.8, 4) is 33.8 Å². The number of hydrogen-bond donors (Lipinski definition) is 0. The smallest absolute Gasteiger partial charge is 0.333 e. The maximum atomic E-state index is 6.91. The van der Waals surface area contributed by atoms with Gasteiger partial charge in [-0.05, 0) is 134 Å². The second-order valence-electron chi connectivity index (χ2n) is 21.2. The van der Waals surface area contributed by atoms with E-state index in [0.717, 1.165) is 27.7 Å². The number of benzene rings is 7. The normalized spacial score (nSPS) is 18.8. The number of anilines is 5. The first kappa shape index (κ1) is 37.0. The van der Waals surface area contributed by atoms with E-state index in [1.807, 2.05) is 11.8 Å². The first-order chi connectivity index (χ1) is 29.7. The van der Waals surface area contributed by atoms with E-state index in [1.165, 1.54) is 107 Å². The molecular weight excluding hydrogens is 772 g/mol. The van der Waals surface area contributed by atoms with Gasteiger partial charge in [-0.1, -0.05) is 146 Å². The Balaban J connectivity index is 1.21. The van der Waals surface area contributed by atoms with Gasteiger partial charge in [-0.15, -0.1) is 0 Å². The highest BCUT2D eigenvalue weighted by molar-refractivity contribution is 7.99. The molecule has 7 aromatic carbocycles. The van der Waals surface area contributed by atoms with Crippen LogP contribution in [0.5, 0.6) is 11.5 Å². The lowest BCUT2D eigenvalue weighted by molar-refractivity contribution is 0.332. The van der Waals surface area contributed by atoms with E-state index >= 15 is 0 Å². The molecule has 0 bridgehead atoms. The van der Waals surface area contributed by atoms with Crippen LogP contribution in [0.3, 0.4) is 0 Å². The molecule has 0 radical (unpaired) electrons. The van der Waals surface area contributed by atoms with Crippen molar-refractivity contribution in [1.29, 1.82) is 0 Å². The number of fused-ring (bicyclic) bond motifs is 13. The first-order valence-corrected chi connectivity index (χ1v) is 23.4. The van der Waals surface area contributed by atoms with Crippen molar-refractivity contribution in [2.45, 2.75) is 107 Å². The summed E-state index contributed by atoms with van der Waals surface area (Å²) >= 11 is 1.84. The molecule has 7 aromatic rings. The molecule has 4 heterocycles. The highest BCUT2D eigenvalue weighted by Crippen LogP contribution is 2.62. The van der Waals surface area contributed by atoms with E-state index in [-0.39, 0.29) is 28.5 Å². The van der Waals surface area contributed by atoms with E-state index in [1.54, 1.807) is 0 Å². The molecule has 0 spiro atoms. The lowest BCUT2D eigenvalue weighted by Crippen LogP contribution is -2.63. The molecule has 3 nitrogen and oxygen atoms in total. The van der Waals surface area contributed by atoms with Crippen molar-refractivity contribution in [3.63, 3.8) is 0 Å². The van der Waals surface area contributed by atoms with E-state index in [4.69, 9.17) is 4.74 Å². The molecule has 13 rings (SSSR count). The fourth-order valence-corrected chi connectivity index (χ4v) is 13.6. The summed E-state index contributed by atoms with van der Waals surface area (Å²) < 4.78 is 6.91. The monoisotopic (exact) mass is 822 g/mol. The average molecular weight is 823 g/mol. The van der Waals surface area contributed by atoms with Crippen LogP contribution in [0.15, 0.2) is 131 Å². The van der Waals surface area contributed by atoms with Crippen LogP contribution in [0, 0.1) is 6.92 Å². The average Bonchev–Trinajstić information content (AvgIpc) is 3.48. The van der Waals surface area contributed by atoms with Crippen LogP contribution in [0.1, 0.15) is 107 Å². The number of aryl methyl sites for hydroxylation is 1. The standard InChI is InChI=1S/C57H51BN2OS/c1-32-27-38-39(55(4,5)26-25-54(38,2)3)28-43(32)59-44-31-47-49(62-48-24-15-14-23-46(48)61-47)30-41(44)58-52-45(59)29-40-50(33-17-10-11-19-35(33)56(40,6)7)51(52)34-18-16-21-37-53(34)60(58)42-22-13-12-20-36(42)57(37,8)9/h10-24,27-31H,25-26H2,1-9H3. The van der Waals surface area contributed by atoms with E-state index < -0.39 is 0 Å². The lowest BCUT2D eigenvalue weighted by Gasteiger charge is -2.52. The molecular formula is C57H51BN2OS. The zero-order chi connectivity index (χ0) is 42.4. The van der Waals surface area contributed by atoms with Crippen LogP contribution in [-0.4, -0.2) is 6.85 Å². The fraction of sp³-hybridized carbons (Fsp3) is 0.263. The summed E-state index contributed by atoms with van der Waals surface area (Å²) in [5.74, 6) is 1.84. The second-order valence-corrected chi connectivity index (χ2v) is 22.3. The molecule has 0 amide bonds. The molecule has 304 valence electrons. The van der Waals surface area contributed by atoms with Crippen molar-refractivity contribution in [3.05, 3.63) is 160 Å². The highest BCUT2D eigenvalue weighted by Gasteiger charge is 2.53. The minimum Gasteiger partial charge on any atom is -0.455 e. The van der Waals surface area contributed by atoms with Gasteiger partial charge in [0.05, 0.1) is 9.79 Å². The van der Waals surface area contributed by atoms with Gasteiger partial charge in [0.2, 0.25) is 0 Å². The van der Waals surface area contributed by atoms with Gasteiger partial charge in [-0.3, -0.25) is 0 Å². The second kappa shape index (κ2) is 11.9. The van der Waals surface area contributed by atoms with Gasteiger partial charge in [0.15, 0.2) is 0 Å². The molecule has 0 saturated heterocycles. The topological polar surface area (TPSA) is 15.7 Å². The summed E-state index contributed by atoms with van der Waals surface area (Å²) in [5.41, 5.74) is 24.1. The van der Waals surface area contributed by atoms with Crippen LogP contribution in [0.4, 0.5) is 28.4 Å². The Morgan fingerprint density at radius 2 is 1.16 bits per heavy atom. The van der Waals surface area contributed by atoms with E-state index in [9.17, 15) is 0 Å². The van der Waals surface area contributed by atoms with Crippen molar-refractivity contribution >= 4 is 58.0 Å². The van der Waals surface area contributed by atoms with Crippen molar-refractivity contribution in [2.75, 3.05) is 9.71 Å². The largest absolute Gasteiger partial charge is 0.455 e. The van der Waals surface area contributed by atoms with Crippen molar-refractivity contribution < 1.29 is 4.74 Å². The molecule has 4 aliphatic heterocycles. The van der Waals surface area contributed by atoms with Crippen LogP contribution in [0.2, 0.25) is 0 Å². The minimum absolute atomic E-state index is 0.0500. The van der Waals surface area contributed by atoms with Crippen LogP contribution in [-0.2, 0) is 21.7 Å². The first-order valence-electron chi connectivity index (χ1n) is 22.6. The number of nitrogens with zero attached hydrogens (tertiary/aromatic N) is 2. The SMILES string of the molecule is Cc1cc2c(cc1N1c3cc4c(cc3B3c5c1cc1c(c5-c5cccc6c5N3c3ccccc3C6(C)C)-c3ccccc3C1(C)C)Sc1ccccc1O4)C(C)(C)CCC2(C)C. The summed E-state index contributed by atoms with van der Waals surface area (Å²) in [6.45, 7) is 21.8. The van der Waals surface area contributed by atoms with Crippen molar-refractivity contribution in [2.24, 2.45) is 0 Å². The van der Waals surface area contributed by atoms with Gasteiger partial charge in [-0.2, -0.15) is 0 Å². The number of para-hydroxylation sites is 3. The Morgan fingerprint density at radius 1 is 0.516 bits per heavy atom. The molecule has 0 unspecified atom stereocenters. The third-order valence-electron chi connectivity index (χ3n) is 16.0. The van der Waals surface area contributed by atoms with Gasteiger partial charge in [-0.25, -0.2) is 0 Å². The lowest BCUT2D eigenvalue weighted by atomic mass is 9.42. The molecule has 6 aliphatic rings. The third-order valence-corrected chi connectivity index (χ3v) is 17.1. The molecule has 0 atom stereocenters. The van der Waals surface area contributed by atoms with Crippen LogP contribution < -0.4 is 25.4 Å². The van der Waals surface area contributed by atoms with Gasteiger partial charge >= 0.3 is 6.85 Å². The maximum absolute atomic E-state index is 6.91. The van der Waals surface area contributed by atoms with E-state index in [2.05, 4.69) is 193 Å². The Kier molecular flexibility index (Phi) is 7.08. The van der Waals surface area contributed by atoms with Crippen LogP contribution >= 0.6 is 11.8 Å². The Bertz CT molecular complexity index is 3190.